The highest BCUT2D eigenvalue weighted by molar-refractivity contribution is 6.31. The zero-order valence-corrected chi connectivity index (χ0v) is 12.0. The van der Waals surface area contributed by atoms with Crippen molar-refractivity contribution >= 4 is 23.2 Å². The quantitative estimate of drug-likeness (QED) is 0.860. The molecule has 104 valence electrons. The Hall–Kier alpha value is -1.87. The van der Waals surface area contributed by atoms with E-state index >= 15 is 0 Å². The molecule has 0 heterocycles. The molecule has 2 aromatic carbocycles. The summed E-state index contributed by atoms with van der Waals surface area (Å²) in [5.74, 6) is -0.743. The molecule has 0 saturated heterocycles. The van der Waals surface area contributed by atoms with Crippen LogP contribution in [0.1, 0.15) is 35.7 Å². The van der Waals surface area contributed by atoms with E-state index in [4.69, 9.17) is 11.6 Å². The lowest BCUT2D eigenvalue weighted by atomic mass is 10.0. The molecule has 0 aliphatic rings. The van der Waals surface area contributed by atoms with Crippen molar-refractivity contribution in [2.45, 2.75) is 19.8 Å². The monoisotopic (exact) mass is 291 g/mol. The van der Waals surface area contributed by atoms with Crippen LogP contribution in [0.2, 0.25) is 5.02 Å². The second-order valence-electron chi connectivity index (χ2n) is 4.86. The van der Waals surface area contributed by atoms with Crippen LogP contribution in [0.15, 0.2) is 42.5 Å². The van der Waals surface area contributed by atoms with Gasteiger partial charge in [0.2, 0.25) is 0 Å². The maximum absolute atomic E-state index is 13.6. The molecule has 0 unspecified atom stereocenters. The maximum Gasteiger partial charge on any atom is 0.258 e. The van der Waals surface area contributed by atoms with E-state index in [-0.39, 0.29) is 5.56 Å². The van der Waals surface area contributed by atoms with Crippen LogP contribution >= 0.6 is 11.6 Å². The summed E-state index contributed by atoms with van der Waals surface area (Å²) >= 11 is 5.78. The van der Waals surface area contributed by atoms with E-state index in [1.165, 1.54) is 18.2 Å². The fourth-order valence-electron chi connectivity index (χ4n) is 1.85. The molecule has 0 saturated carbocycles. The lowest BCUT2D eigenvalue weighted by Crippen LogP contribution is -2.14. The summed E-state index contributed by atoms with van der Waals surface area (Å²) in [5, 5.41) is 3.01. The topological polar surface area (TPSA) is 29.1 Å². The Bertz CT molecular complexity index is 640. The first kappa shape index (κ1) is 14.5. The van der Waals surface area contributed by atoms with E-state index in [9.17, 15) is 9.18 Å². The highest BCUT2D eigenvalue weighted by atomic mass is 35.5. The first-order valence-electron chi connectivity index (χ1n) is 6.33. The van der Waals surface area contributed by atoms with E-state index in [0.29, 0.717) is 16.6 Å². The predicted molar refractivity (Wildman–Crippen MR) is 79.9 cm³/mol. The number of anilines is 1. The smallest absolute Gasteiger partial charge is 0.258 e. The number of benzene rings is 2. The van der Waals surface area contributed by atoms with Crippen molar-refractivity contribution in [1.82, 2.24) is 0 Å². The van der Waals surface area contributed by atoms with Gasteiger partial charge < -0.3 is 5.32 Å². The van der Waals surface area contributed by atoms with Gasteiger partial charge in [-0.05, 0) is 41.8 Å². The van der Waals surface area contributed by atoms with Crippen molar-refractivity contribution < 1.29 is 9.18 Å². The fraction of sp³-hybridized carbons (Fsp3) is 0.188. The summed E-state index contributed by atoms with van der Waals surface area (Å²) in [7, 11) is 0. The van der Waals surface area contributed by atoms with Crippen LogP contribution in [0.4, 0.5) is 10.1 Å². The Kier molecular flexibility index (Phi) is 4.40. The van der Waals surface area contributed by atoms with Gasteiger partial charge in [-0.3, -0.25) is 4.79 Å². The first-order valence-corrected chi connectivity index (χ1v) is 6.71. The molecule has 0 aliphatic heterocycles. The highest BCUT2D eigenvalue weighted by Gasteiger charge is 2.13. The molecule has 0 bridgehead atoms. The van der Waals surface area contributed by atoms with E-state index in [2.05, 4.69) is 19.2 Å². The molecule has 1 N–H and O–H groups in total. The molecule has 20 heavy (non-hydrogen) atoms. The van der Waals surface area contributed by atoms with Gasteiger partial charge in [0.05, 0.1) is 5.56 Å². The second-order valence-corrected chi connectivity index (χ2v) is 5.29. The molecule has 0 radical (unpaired) electrons. The van der Waals surface area contributed by atoms with Crippen molar-refractivity contribution in [1.29, 1.82) is 0 Å². The summed E-state index contributed by atoms with van der Waals surface area (Å²) in [5.41, 5.74) is 1.68. The Morgan fingerprint density at radius 2 is 1.95 bits per heavy atom. The summed E-state index contributed by atoms with van der Waals surface area (Å²) in [4.78, 5) is 12.1. The number of nitrogens with one attached hydrogen (secondary N) is 1. The summed E-state index contributed by atoms with van der Waals surface area (Å²) < 4.78 is 13.6. The molecular weight excluding hydrogens is 277 g/mol. The zero-order chi connectivity index (χ0) is 14.7. The molecule has 1 amide bonds. The van der Waals surface area contributed by atoms with Gasteiger partial charge in [0.15, 0.2) is 0 Å². The third-order valence-electron chi connectivity index (χ3n) is 2.98. The normalized spacial score (nSPS) is 10.7. The number of hydrogen-bond donors (Lipinski definition) is 1. The lowest BCUT2D eigenvalue weighted by molar-refractivity contribution is 0.102. The van der Waals surface area contributed by atoms with E-state index < -0.39 is 11.7 Å². The molecule has 2 nitrogen and oxygen atoms in total. The van der Waals surface area contributed by atoms with E-state index in [0.717, 1.165) is 5.56 Å². The molecule has 0 aliphatic carbocycles. The minimum absolute atomic E-state index is 0.0625. The van der Waals surface area contributed by atoms with E-state index in [1.54, 1.807) is 6.07 Å². The van der Waals surface area contributed by atoms with Gasteiger partial charge in [0.25, 0.3) is 5.91 Å². The minimum Gasteiger partial charge on any atom is -0.322 e. The zero-order valence-electron chi connectivity index (χ0n) is 11.3. The summed E-state index contributed by atoms with van der Waals surface area (Å²) in [6, 6.07) is 11.4. The molecule has 0 atom stereocenters. The Morgan fingerprint density at radius 1 is 1.20 bits per heavy atom. The fourth-order valence-corrected chi connectivity index (χ4v) is 2.02. The minimum atomic E-state index is -0.591. The van der Waals surface area contributed by atoms with Crippen molar-refractivity contribution in [2.75, 3.05) is 5.32 Å². The van der Waals surface area contributed by atoms with Crippen LogP contribution in [-0.4, -0.2) is 5.91 Å². The van der Waals surface area contributed by atoms with Gasteiger partial charge in [-0.2, -0.15) is 0 Å². The van der Waals surface area contributed by atoms with Gasteiger partial charge in [0.1, 0.15) is 5.82 Å². The van der Waals surface area contributed by atoms with Gasteiger partial charge in [-0.1, -0.05) is 37.6 Å². The summed E-state index contributed by atoms with van der Waals surface area (Å²) in [6.07, 6.45) is 0. The molecule has 0 spiro atoms. The van der Waals surface area contributed by atoms with Crippen molar-refractivity contribution in [3.8, 4) is 0 Å². The van der Waals surface area contributed by atoms with Gasteiger partial charge in [-0.25, -0.2) is 4.39 Å². The SMILES string of the molecule is CC(C)c1cccc(NC(=O)c2cc(Cl)ccc2F)c1. The first-order chi connectivity index (χ1) is 9.47. The molecule has 4 heteroatoms. The average Bonchev–Trinajstić information content (AvgIpc) is 2.41. The summed E-state index contributed by atoms with van der Waals surface area (Å²) in [6.45, 7) is 4.13. The second kappa shape index (κ2) is 6.06. The van der Waals surface area contributed by atoms with Crippen LogP contribution in [-0.2, 0) is 0 Å². The maximum atomic E-state index is 13.6. The number of carbonyl (C=O) groups is 1. The lowest BCUT2D eigenvalue weighted by Gasteiger charge is -2.10. The third kappa shape index (κ3) is 3.36. The highest BCUT2D eigenvalue weighted by Crippen LogP contribution is 2.20. The van der Waals surface area contributed by atoms with Crippen molar-refractivity contribution in [3.05, 3.63) is 64.4 Å². The Labute approximate surface area is 122 Å². The number of halogens is 2. The number of carbonyl (C=O) groups excluding carboxylic acids is 1. The van der Waals surface area contributed by atoms with Gasteiger partial charge in [0, 0.05) is 10.7 Å². The Morgan fingerprint density at radius 3 is 2.65 bits per heavy atom. The van der Waals surface area contributed by atoms with Crippen LogP contribution in [0.3, 0.4) is 0 Å². The molecule has 2 rings (SSSR count). The molecule has 0 fully saturated rings. The number of rotatable bonds is 3. The Balaban J connectivity index is 2.23. The van der Waals surface area contributed by atoms with Gasteiger partial charge >= 0.3 is 0 Å². The molecule has 2 aromatic rings. The molecular formula is C16H15ClFNO. The van der Waals surface area contributed by atoms with Crippen LogP contribution < -0.4 is 5.32 Å². The predicted octanol–water partition coefficient (Wildman–Crippen LogP) is 4.85. The van der Waals surface area contributed by atoms with Crippen LogP contribution in [0.25, 0.3) is 0 Å². The molecule has 0 aromatic heterocycles. The van der Waals surface area contributed by atoms with E-state index in [1.807, 2.05) is 18.2 Å². The number of hydrogen-bond acceptors (Lipinski definition) is 1. The standard InChI is InChI=1S/C16H15ClFNO/c1-10(2)11-4-3-5-13(8-11)19-16(20)14-9-12(17)6-7-15(14)18/h3-10H,1-2H3,(H,19,20). The largest absolute Gasteiger partial charge is 0.322 e. The van der Waals surface area contributed by atoms with Crippen LogP contribution in [0, 0.1) is 5.82 Å². The number of amides is 1. The van der Waals surface area contributed by atoms with Crippen LogP contribution in [0.5, 0.6) is 0 Å². The average molecular weight is 292 g/mol. The third-order valence-corrected chi connectivity index (χ3v) is 3.22. The van der Waals surface area contributed by atoms with Crippen molar-refractivity contribution in [3.63, 3.8) is 0 Å². The van der Waals surface area contributed by atoms with Gasteiger partial charge in [-0.15, -0.1) is 0 Å². The van der Waals surface area contributed by atoms with Crippen molar-refractivity contribution in [2.24, 2.45) is 0 Å².